The van der Waals surface area contributed by atoms with Gasteiger partial charge in [-0.05, 0) is 19.4 Å². The van der Waals surface area contributed by atoms with Crippen molar-refractivity contribution in [2.45, 2.75) is 12.8 Å². The summed E-state index contributed by atoms with van der Waals surface area (Å²) in [6.45, 7) is 4.07. The number of urea groups is 1. The summed E-state index contributed by atoms with van der Waals surface area (Å²) in [6.07, 6.45) is 2.39. The van der Waals surface area contributed by atoms with E-state index in [0.717, 1.165) is 26.2 Å². The predicted octanol–water partition coefficient (Wildman–Crippen LogP) is 0.353. The lowest BCUT2D eigenvalue weighted by molar-refractivity contribution is 0.175. The molecule has 1 unspecified atom stereocenters. The fourth-order valence-electron chi connectivity index (χ4n) is 2.53. The molecule has 80 valence electrons. The normalized spacial score (nSPS) is 31.4. The van der Waals surface area contributed by atoms with Crippen LogP contribution in [0.2, 0.25) is 0 Å². The van der Waals surface area contributed by atoms with Gasteiger partial charge in [0.25, 0.3) is 0 Å². The highest BCUT2D eigenvalue weighted by Gasteiger charge is 2.42. The molecule has 0 aromatic carbocycles. The molecule has 4 nitrogen and oxygen atoms in total. The maximum absolute atomic E-state index is 11.7. The average molecular weight is 197 g/mol. The number of hydrogen-bond acceptors (Lipinski definition) is 2. The molecule has 4 heteroatoms. The molecular weight excluding hydrogens is 178 g/mol. The molecule has 2 aliphatic heterocycles. The lowest BCUT2D eigenvalue weighted by Gasteiger charge is -2.24. The van der Waals surface area contributed by atoms with Crippen LogP contribution in [-0.2, 0) is 0 Å². The lowest BCUT2D eigenvalue weighted by atomic mass is 9.87. The van der Waals surface area contributed by atoms with E-state index in [4.69, 9.17) is 0 Å². The van der Waals surface area contributed by atoms with Gasteiger partial charge in [-0.3, -0.25) is 0 Å². The van der Waals surface area contributed by atoms with E-state index in [-0.39, 0.29) is 6.03 Å². The van der Waals surface area contributed by atoms with E-state index in [9.17, 15) is 4.79 Å². The van der Waals surface area contributed by atoms with E-state index in [2.05, 4.69) is 5.32 Å². The third kappa shape index (κ3) is 1.59. The van der Waals surface area contributed by atoms with Gasteiger partial charge in [-0.25, -0.2) is 4.79 Å². The van der Waals surface area contributed by atoms with Crippen LogP contribution in [0.15, 0.2) is 0 Å². The van der Waals surface area contributed by atoms with Crippen LogP contribution >= 0.6 is 0 Å². The van der Waals surface area contributed by atoms with E-state index in [1.54, 1.807) is 4.90 Å². The molecule has 0 aromatic heterocycles. The number of rotatable bonds is 0. The number of carbonyl (C=O) groups excluding carboxylic acids is 1. The standard InChI is InChI=1S/C10H19N3O/c1-12(2)9(14)13-6-4-10(8-13)3-5-11-7-10/h11H,3-8H2,1-2H3. The van der Waals surface area contributed by atoms with Crippen molar-refractivity contribution in [2.75, 3.05) is 40.3 Å². The summed E-state index contributed by atoms with van der Waals surface area (Å²) in [5.41, 5.74) is 0.395. The van der Waals surface area contributed by atoms with Crippen molar-refractivity contribution in [2.24, 2.45) is 5.41 Å². The Balaban J connectivity index is 1.97. The molecule has 14 heavy (non-hydrogen) atoms. The van der Waals surface area contributed by atoms with Gasteiger partial charge in [0.05, 0.1) is 0 Å². The zero-order chi connectivity index (χ0) is 10.2. The van der Waals surface area contributed by atoms with Crippen molar-refractivity contribution >= 4 is 6.03 Å². The van der Waals surface area contributed by atoms with Crippen molar-refractivity contribution in [3.05, 3.63) is 0 Å². The molecule has 1 spiro atoms. The molecule has 2 heterocycles. The van der Waals surface area contributed by atoms with E-state index in [0.29, 0.717) is 5.41 Å². The van der Waals surface area contributed by atoms with Gasteiger partial charge in [-0.1, -0.05) is 0 Å². The van der Waals surface area contributed by atoms with Crippen LogP contribution in [0.3, 0.4) is 0 Å². The van der Waals surface area contributed by atoms with Crippen LogP contribution in [-0.4, -0.2) is 56.1 Å². The van der Waals surface area contributed by atoms with Crippen LogP contribution in [0.5, 0.6) is 0 Å². The van der Waals surface area contributed by atoms with Gasteiger partial charge >= 0.3 is 6.03 Å². The van der Waals surface area contributed by atoms with Crippen molar-refractivity contribution in [3.63, 3.8) is 0 Å². The summed E-state index contributed by atoms with van der Waals surface area (Å²) < 4.78 is 0. The molecule has 2 fully saturated rings. The van der Waals surface area contributed by atoms with Crippen molar-refractivity contribution in [3.8, 4) is 0 Å². The molecule has 1 atom stereocenters. The summed E-state index contributed by atoms with van der Waals surface area (Å²) in [7, 11) is 3.64. The third-order valence-corrected chi connectivity index (χ3v) is 3.42. The molecule has 2 rings (SSSR count). The number of nitrogens with one attached hydrogen (secondary N) is 1. The Labute approximate surface area is 85.2 Å². The minimum absolute atomic E-state index is 0.161. The SMILES string of the molecule is CN(C)C(=O)N1CCC2(CCNC2)C1. The van der Waals surface area contributed by atoms with Crippen LogP contribution in [0, 0.1) is 5.41 Å². The Bertz CT molecular complexity index is 234. The smallest absolute Gasteiger partial charge is 0.319 e. The molecule has 0 saturated carbocycles. The summed E-state index contributed by atoms with van der Waals surface area (Å²) >= 11 is 0. The maximum Gasteiger partial charge on any atom is 0.319 e. The number of hydrogen-bond donors (Lipinski definition) is 1. The Morgan fingerprint density at radius 3 is 2.79 bits per heavy atom. The first-order chi connectivity index (χ1) is 6.63. The van der Waals surface area contributed by atoms with E-state index >= 15 is 0 Å². The second-order valence-electron chi connectivity index (χ2n) is 4.78. The van der Waals surface area contributed by atoms with Crippen molar-refractivity contribution in [1.29, 1.82) is 0 Å². The quantitative estimate of drug-likeness (QED) is 0.608. The van der Waals surface area contributed by atoms with E-state index in [1.165, 1.54) is 12.8 Å². The Morgan fingerprint density at radius 2 is 2.21 bits per heavy atom. The van der Waals surface area contributed by atoms with Gasteiger partial charge in [0.1, 0.15) is 0 Å². The highest BCUT2D eigenvalue weighted by molar-refractivity contribution is 5.74. The average Bonchev–Trinajstić information content (AvgIpc) is 2.76. The first-order valence-corrected chi connectivity index (χ1v) is 5.30. The van der Waals surface area contributed by atoms with E-state index in [1.807, 2.05) is 19.0 Å². The van der Waals surface area contributed by atoms with Crippen LogP contribution in [0.4, 0.5) is 4.79 Å². The highest BCUT2D eigenvalue weighted by atomic mass is 16.2. The van der Waals surface area contributed by atoms with Crippen molar-refractivity contribution in [1.82, 2.24) is 15.1 Å². The molecule has 2 amide bonds. The minimum atomic E-state index is 0.161. The van der Waals surface area contributed by atoms with Crippen molar-refractivity contribution < 1.29 is 4.79 Å². The fourth-order valence-corrected chi connectivity index (χ4v) is 2.53. The fraction of sp³-hybridized carbons (Fsp3) is 0.900. The topological polar surface area (TPSA) is 35.6 Å². The maximum atomic E-state index is 11.7. The molecule has 0 bridgehead atoms. The monoisotopic (exact) mass is 197 g/mol. The largest absolute Gasteiger partial charge is 0.331 e. The molecule has 2 aliphatic rings. The number of likely N-dealkylation sites (tertiary alicyclic amines) is 1. The zero-order valence-corrected chi connectivity index (χ0v) is 9.05. The second kappa shape index (κ2) is 3.42. The van der Waals surface area contributed by atoms with Gasteiger partial charge in [0.2, 0.25) is 0 Å². The molecule has 2 saturated heterocycles. The summed E-state index contributed by atoms with van der Waals surface area (Å²) in [6, 6.07) is 0.161. The van der Waals surface area contributed by atoms with E-state index < -0.39 is 0 Å². The first-order valence-electron chi connectivity index (χ1n) is 5.30. The minimum Gasteiger partial charge on any atom is -0.331 e. The first kappa shape index (κ1) is 9.77. The summed E-state index contributed by atoms with van der Waals surface area (Å²) in [4.78, 5) is 15.4. The van der Waals surface area contributed by atoms with Gasteiger partial charge in [-0.2, -0.15) is 0 Å². The second-order valence-corrected chi connectivity index (χ2v) is 4.78. The molecule has 0 radical (unpaired) electrons. The number of carbonyl (C=O) groups is 1. The molecular formula is C10H19N3O. The van der Waals surface area contributed by atoms with Crippen LogP contribution in [0.25, 0.3) is 0 Å². The van der Waals surface area contributed by atoms with Gasteiger partial charge < -0.3 is 15.1 Å². The number of amides is 2. The lowest BCUT2D eigenvalue weighted by Crippen LogP contribution is -2.39. The Kier molecular flexibility index (Phi) is 2.39. The summed E-state index contributed by atoms with van der Waals surface area (Å²) in [5.74, 6) is 0. The van der Waals surface area contributed by atoms with Crippen LogP contribution < -0.4 is 5.32 Å². The molecule has 1 N–H and O–H groups in total. The van der Waals surface area contributed by atoms with Crippen LogP contribution in [0.1, 0.15) is 12.8 Å². The summed E-state index contributed by atoms with van der Waals surface area (Å²) in [5, 5.41) is 3.39. The molecule has 0 aromatic rings. The Morgan fingerprint density at radius 1 is 1.43 bits per heavy atom. The van der Waals surface area contributed by atoms with Gasteiger partial charge in [0, 0.05) is 39.1 Å². The van der Waals surface area contributed by atoms with Gasteiger partial charge in [-0.15, -0.1) is 0 Å². The van der Waals surface area contributed by atoms with Gasteiger partial charge in [0.15, 0.2) is 0 Å². The zero-order valence-electron chi connectivity index (χ0n) is 9.05. The number of nitrogens with zero attached hydrogens (tertiary/aromatic N) is 2. The Hall–Kier alpha value is -0.770. The predicted molar refractivity (Wildman–Crippen MR) is 55.2 cm³/mol. The highest BCUT2D eigenvalue weighted by Crippen LogP contribution is 2.36. The molecule has 0 aliphatic carbocycles. The third-order valence-electron chi connectivity index (χ3n) is 3.42.